The largest absolute Gasteiger partial charge is 0.380 e. The zero-order valence-corrected chi connectivity index (χ0v) is 13.3. The minimum atomic E-state index is -0.474. The van der Waals surface area contributed by atoms with Gasteiger partial charge in [0.25, 0.3) is 5.56 Å². The van der Waals surface area contributed by atoms with Crippen LogP contribution >= 0.6 is 11.6 Å². The molecule has 1 aromatic heterocycles. The van der Waals surface area contributed by atoms with Crippen LogP contribution in [0, 0.1) is 5.92 Å². The van der Waals surface area contributed by atoms with Gasteiger partial charge in [-0.15, -0.1) is 0 Å². The topological polar surface area (TPSA) is 64.1 Å². The summed E-state index contributed by atoms with van der Waals surface area (Å²) in [5.41, 5.74) is -0.312. The van der Waals surface area contributed by atoms with E-state index in [2.05, 4.69) is 4.98 Å². The van der Waals surface area contributed by atoms with Crippen LogP contribution in [0.3, 0.4) is 0 Å². The maximum Gasteiger partial charge on any atom is 0.329 e. The van der Waals surface area contributed by atoms with Gasteiger partial charge in [0, 0.05) is 6.61 Å². The molecule has 1 aromatic rings. The Morgan fingerprint density at radius 2 is 1.95 bits per heavy atom. The summed E-state index contributed by atoms with van der Waals surface area (Å²) in [4.78, 5) is 27.2. The van der Waals surface area contributed by atoms with Crippen molar-refractivity contribution in [1.29, 1.82) is 0 Å². The zero-order valence-electron chi connectivity index (χ0n) is 12.5. The minimum absolute atomic E-state index is 0.107. The van der Waals surface area contributed by atoms with Crippen molar-refractivity contribution in [3.8, 4) is 0 Å². The summed E-state index contributed by atoms with van der Waals surface area (Å²) in [5.74, 6) is 0.107. The first-order valence-corrected chi connectivity index (χ1v) is 7.42. The van der Waals surface area contributed by atoms with E-state index >= 15 is 0 Å². The van der Waals surface area contributed by atoms with Crippen LogP contribution in [-0.2, 0) is 11.2 Å². The molecule has 5 nitrogen and oxygen atoms in total. The van der Waals surface area contributed by atoms with Crippen molar-refractivity contribution in [2.24, 2.45) is 5.92 Å². The monoisotopic (exact) mass is 302 g/mol. The Balaban J connectivity index is 3.37. The molecule has 0 aliphatic heterocycles. The van der Waals surface area contributed by atoms with E-state index in [1.807, 2.05) is 27.7 Å². The Kier molecular flexibility index (Phi) is 6.49. The van der Waals surface area contributed by atoms with Crippen LogP contribution in [0.1, 0.15) is 45.7 Å². The molecule has 6 heteroatoms. The fourth-order valence-corrected chi connectivity index (χ4v) is 2.39. The summed E-state index contributed by atoms with van der Waals surface area (Å²) in [7, 11) is 0. The van der Waals surface area contributed by atoms with Gasteiger partial charge in [0.05, 0.1) is 18.2 Å². The van der Waals surface area contributed by atoms with E-state index in [0.717, 1.165) is 6.42 Å². The molecule has 114 valence electrons. The number of halogens is 1. The first-order valence-electron chi connectivity index (χ1n) is 7.04. The van der Waals surface area contributed by atoms with E-state index in [1.54, 1.807) is 0 Å². The van der Waals surface area contributed by atoms with E-state index in [1.165, 1.54) is 4.57 Å². The lowest BCUT2D eigenvalue weighted by molar-refractivity contribution is 0.0930. The van der Waals surface area contributed by atoms with Gasteiger partial charge in [0.1, 0.15) is 5.15 Å². The molecule has 1 heterocycles. The molecule has 20 heavy (non-hydrogen) atoms. The van der Waals surface area contributed by atoms with Crippen molar-refractivity contribution in [3.05, 3.63) is 31.6 Å². The number of aromatic nitrogens is 2. The van der Waals surface area contributed by atoms with E-state index in [0.29, 0.717) is 25.2 Å². The number of rotatable bonds is 7. The first kappa shape index (κ1) is 17.0. The second-order valence-corrected chi connectivity index (χ2v) is 5.50. The van der Waals surface area contributed by atoms with Gasteiger partial charge in [-0.05, 0) is 19.3 Å². The number of H-pyrrole nitrogens is 1. The molecule has 0 radical (unpaired) electrons. The third-order valence-corrected chi connectivity index (χ3v) is 3.59. The Bertz CT molecular complexity index is 548. The Morgan fingerprint density at radius 1 is 1.30 bits per heavy atom. The Hall–Kier alpha value is -1.07. The lowest BCUT2D eigenvalue weighted by Gasteiger charge is -2.23. The molecule has 0 aromatic carbocycles. The standard InChI is InChI=1S/C14H23ClN2O3/c1-5-7-10-12(15)16-14(19)17(13(10)18)11(9(3)4)8-20-6-2/h9,11H,5-8H2,1-4H3,(H,16,19). The van der Waals surface area contributed by atoms with Gasteiger partial charge >= 0.3 is 5.69 Å². The van der Waals surface area contributed by atoms with Crippen molar-refractivity contribution in [3.63, 3.8) is 0 Å². The van der Waals surface area contributed by atoms with Crippen molar-refractivity contribution in [2.45, 2.75) is 46.6 Å². The molecule has 1 rings (SSSR count). The van der Waals surface area contributed by atoms with Crippen LogP contribution in [0.4, 0.5) is 0 Å². The van der Waals surface area contributed by atoms with Crippen molar-refractivity contribution in [2.75, 3.05) is 13.2 Å². The van der Waals surface area contributed by atoms with Crippen LogP contribution in [0.2, 0.25) is 5.15 Å². The molecule has 1 unspecified atom stereocenters. The summed E-state index contributed by atoms with van der Waals surface area (Å²) in [6.45, 7) is 8.66. The summed E-state index contributed by atoms with van der Waals surface area (Å²) in [5, 5.41) is 0.150. The average molecular weight is 303 g/mol. The lowest BCUT2D eigenvalue weighted by atomic mass is 10.0. The third kappa shape index (κ3) is 3.73. The molecule has 0 aliphatic rings. The van der Waals surface area contributed by atoms with Gasteiger partial charge in [0.15, 0.2) is 0 Å². The molecule has 0 aliphatic carbocycles. The van der Waals surface area contributed by atoms with Crippen molar-refractivity contribution < 1.29 is 4.74 Å². The number of ether oxygens (including phenoxy) is 1. The molecule has 0 amide bonds. The highest BCUT2D eigenvalue weighted by Gasteiger charge is 2.22. The quantitative estimate of drug-likeness (QED) is 0.787. The summed E-state index contributed by atoms with van der Waals surface area (Å²) >= 11 is 5.97. The second kappa shape index (κ2) is 7.64. The number of nitrogens with one attached hydrogen (secondary N) is 1. The highest BCUT2D eigenvalue weighted by Crippen LogP contribution is 2.16. The molecule has 0 spiro atoms. The van der Waals surface area contributed by atoms with Gasteiger partial charge in [-0.3, -0.25) is 14.3 Å². The van der Waals surface area contributed by atoms with Gasteiger partial charge < -0.3 is 4.74 Å². The van der Waals surface area contributed by atoms with Crippen LogP contribution in [0.5, 0.6) is 0 Å². The SMILES string of the molecule is CCCc1c(Cl)[nH]c(=O)n(C(COCC)C(C)C)c1=O. The molecule has 0 saturated carbocycles. The van der Waals surface area contributed by atoms with Crippen molar-refractivity contribution in [1.82, 2.24) is 9.55 Å². The van der Waals surface area contributed by atoms with E-state index in [4.69, 9.17) is 16.3 Å². The van der Waals surface area contributed by atoms with E-state index in [-0.39, 0.29) is 22.7 Å². The van der Waals surface area contributed by atoms with E-state index in [9.17, 15) is 9.59 Å². The number of hydrogen-bond acceptors (Lipinski definition) is 3. The molecular formula is C14H23ClN2O3. The number of nitrogens with zero attached hydrogens (tertiary/aromatic N) is 1. The van der Waals surface area contributed by atoms with Crippen LogP contribution in [0.15, 0.2) is 9.59 Å². The second-order valence-electron chi connectivity index (χ2n) is 5.12. The van der Waals surface area contributed by atoms with E-state index < -0.39 is 5.69 Å². The van der Waals surface area contributed by atoms with Gasteiger partial charge in [-0.25, -0.2) is 4.79 Å². The Morgan fingerprint density at radius 3 is 2.45 bits per heavy atom. The first-order chi connectivity index (χ1) is 9.43. The van der Waals surface area contributed by atoms with Crippen molar-refractivity contribution >= 4 is 11.6 Å². The maximum absolute atomic E-state index is 12.5. The highest BCUT2D eigenvalue weighted by molar-refractivity contribution is 6.30. The number of aromatic amines is 1. The molecule has 0 bridgehead atoms. The minimum Gasteiger partial charge on any atom is -0.380 e. The van der Waals surface area contributed by atoms with Crippen LogP contribution in [-0.4, -0.2) is 22.8 Å². The van der Waals surface area contributed by atoms with Crippen LogP contribution in [0.25, 0.3) is 0 Å². The maximum atomic E-state index is 12.5. The highest BCUT2D eigenvalue weighted by atomic mass is 35.5. The zero-order chi connectivity index (χ0) is 15.3. The average Bonchev–Trinajstić information content (AvgIpc) is 2.37. The predicted molar refractivity (Wildman–Crippen MR) is 80.7 cm³/mol. The van der Waals surface area contributed by atoms with Crippen LogP contribution < -0.4 is 11.2 Å². The molecule has 0 saturated heterocycles. The number of hydrogen-bond donors (Lipinski definition) is 1. The molecule has 1 atom stereocenters. The predicted octanol–water partition coefficient (Wildman–Crippen LogP) is 2.38. The fraction of sp³-hybridized carbons (Fsp3) is 0.714. The molecular weight excluding hydrogens is 280 g/mol. The normalized spacial score (nSPS) is 12.9. The lowest BCUT2D eigenvalue weighted by Crippen LogP contribution is -2.43. The summed E-state index contributed by atoms with van der Waals surface area (Å²) in [6, 6.07) is -0.293. The fourth-order valence-electron chi connectivity index (χ4n) is 2.13. The molecule has 0 fully saturated rings. The smallest absolute Gasteiger partial charge is 0.329 e. The third-order valence-electron chi connectivity index (χ3n) is 3.27. The Labute approximate surface area is 123 Å². The van der Waals surface area contributed by atoms with Gasteiger partial charge in [-0.2, -0.15) is 0 Å². The molecule has 1 N–H and O–H groups in total. The summed E-state index contributed by atoms with van der Waals surface area (Å²) < 4.78 is 6.65. The summed E-state index contributed by atoms with van der Waals surface area (Å²) in [6.07, 6.45) is 1.34. The van der Waals surface area contributed by atoms with Gasteiger partial charge in [-0.1, -0.05) is 38.8 Å². The van der Waals surface area contributed by atoms with Gasteiger partial charge in [0.2, 0.25) is 0 Å².